The molecule has 6 heteroatoms. The molecule has 6 nitrogen and oxygen atoms in total. The van der Waals surface area contributed by atoms with Crippen molar-refractivity contribution in [2.45, 2.75) is 48.0 Å². The van der Waals surface area contributed by atoms with Gasteiger partial charge in [0.1, 0.15) is 11.4 Å². The number of carbonyl (C=O) groups is 2. The molecule has 136 valence electrons. The molecule has 0 aliphatic rings. The molecule has 0 fully saturated rings. The number of rotatable bonds is 6. The van der Waals surface area contributed by atoms with Crippen molar-refractivity contribution in [1.29, 1.82) is 0 Å². The van der Waals surface area contributed by atoms with Crippen molar-refractivity contribution < 1.29 is 19.1 Å². The third kappa shape index (κ3) is 3.62. The van der Waals surface area contributed by atoms with Gasteiger partial charge in [0.15, 0.2) is 0 Å². The fourth-order valence-corrected chi connectivity index (χ4v) is 3.10. The molecule has 2 N–H and O–H groups in total. The molecular weight excluding hydrogens is 320 g/mol. The summed E-state index contributed by atoms with van der Waals surface area (Å²) in [5, 5.41) is 0. The minimum Gasteiger partial charge on any atom is -0.461 e. The SMILES string of the molecule is CCOC(=O)c1[nH]c(C)c(Cc2c(C)[nH]c(C(=O)OCC)c2C)c1C. The van der Waals surface area contributed by atoms with Gasteiger partial charge in [-0.15, -0.1) is 0 Å². The molecule has 2 rings (SSSR count). The summed E-state index contributed by atoms with van der Waals surface area (Å²) in [5.41, 5.74) is 6.70. The van der Waals surface area contributed by atoms with Crippen molar-refractivity contribution in [1.82, 2.24) is 9.97 Å². The summed E-state index contributed by atoms with van der Waals surface area (Å²) in [4.78, 5) is 30.4. The number of esters is 2. The predicted octanol–water partition coefficient (Wildman–Crippen LogP) is 3.52. The number of H-pyrrole nitrogens is 2. The number of aromatic amines is 2. The Hall–Kier alpha value is -2.50. The van der Waals surface area contributed by atoms with Gasteiger partial charge >= 0.3 is 11.9 Å². The molecule has 0 aliphatic carbocycles. The zero-order valence-electron chi connectivity index (χ0n) is 15.8. The molecule has 0 saturated carbocycles. The van der Waals surface area contributed by atoms with E-state index < -0.39 is 0 Å². The van der Waals surface area contributed by atoms with Crippen LogP contribution in [0.5, 0.6) is 0 Å². The second-order valence-corrected chi connectivity index (χ2v) is 6.07. The smallest absolute Gasteiger partial charge is 0.355 e. The lowest BCUT2D eigenvalue weighted by molar-refractivity contribution is 0.0509. The van der Waals surface area contributed by atoms with Crippen LogP contribution in [0.15, 0.2) is 0 Å². The molecule has 2 aromatic heterocycles. The molecule has 0 atom stereocenters. The fourth-order valence-electron chi connectivity index (χ4n) is 3.10. The number of hydrogen-bond acceptors (Lipinski definition) is 4. The molecular formula is C19H26N2O4. The Morgan fingerprint density at radius 3 is 1.44 bits per heavy atom. The molecule has 2 heterocycles. The van der Waals surface area contributed by atoms with E-state index in [1.807, 2.05) is 27.7 Å². The lowest BCUT2D eigenvalue weighted by atomic mass is 9.98. The van der Waals surface area contributed by atoms with Gasteiger partial charge in [-0.25, -0.2) is 9.59 Å². The van der Waals surface area contributed by atoms with E-state index in [1.165, 1.54) is 0 Å². The summed E-state index contributed by atoms with van der Waals surface area (Å²) < 4.78 is 10.2. The summed E-state index contributed by atoms with van der Waals surface area (Å²) in [5.74, 6) is -0.687. The normalized spacial score (nSPS) is 10.8. The molecule has 0 saturated heterocycles. The van der Waals surface area contributed by atoms with E-state index in [0.717, 1.165) is 33.6 Å². The largest absolute Gasteiger partial charge is 0.461 e. The molecule has 0 radical (unpaired) electrons. The molecule has 0 aliphatic heterocycles. The number of carbonyl (C=O) groups excluding carboxylic acids is 2. The summed E-state index contributed by atoms with van der Waals surface area (Å²) in [7, 11) is 0. The highest BCUT2D eigenvalue weighted by Crippen LogP contribution is 2.27. The minimum absolute atomic E-state index is 0.338. The van der Waals surface area contributed by atoms with Gasteiger partial charge in [0.2, 0.25) is 0 Å². The van der Waals surface area contributed by atoms with Gasteiger partial charge in [0, 0.05) is 17.8 Å². The van der Waals surface area contributed by atoms with Crippen molar-refractivity contribution in [3.8, 4) is 0 Å². The van der Waals surface area contributed by atoms with Gasteiger partial charge < -0.3 is 19.4 Å². The Morgan fingerprint density at radius 2 is 1.12 bits per heavy atom. The van der Waals surface area contributed by atoms with Crippen LogP contribution in [0.1, 0.15) is 68.5 Å². The van der Waals surface area contributed by atoms with Crippen molar-refractivity contribution >= 4 is 11.9 Å². The number of nitrogens with one attached hydrogen (secondary N) is 2. The van der Waals surface area contributed by atoms with E-state index in [-0.39, 0.29) is 11.9 Å². The first-order valence-electron chi connectivity index (χ1n) is 8.52. The predicted molar refractivity (Wildman–Crippen MR) is 95.3 cm³/mol. The second kappa shape index (κ2) is 7.59. The van der Waals surface area contributed by atoms with Crippen LogP contribution in [0.2, 0.25) is 0 Å². The fraction of sp³-hybridized carbons (Fsp3) is 0.474. The van der Waals surface area contributed by atoms with Crippen LogP contribution in [0, 0.1) is 27.7 Å². The van der Waals surface area contributed by atoms with E-state index in [2.05, 4.69) is 9.97 Å². The molecule has 0 unspecified atom stereocenters. The third-order valence-electron chi connectivity index (χ3n) is 4.50. The molecule has 25 heavy (non-hydrogen) atoms. The number of ether oxygens (including phenoxy) is 2. The quantitative estimate of drug-likeness (QED) is 0.784. The monoisotopic (exact) mass is 346 g/mol. The Bertz CT molecular complexity index is 733. The Balaban J connectivity index is 2.38. The zero-order chi connectivity index (χ0) is 18.7. The lowest BCUT2D eigenvalue weighted by Gasteiger charge is -2.06. The van der Waals surface area contributed by atoms with E-state index in [4.69, 9.17) is 9.47 Å². The van der Waals surface area contributed by atoms with Gasteiger partial charge in [0.25, 0.3) is 0 Å². The van der Waals surface area contributed by atoms with E-state index >= 15 is 0 Å². The van der Waals surface area contributed by atoms with Crippen LogP contribution in [0.4, 0.5) is 0 Å². The van der Waals surface area contributed by atoms with Crippen LogP contribution in [-0.2, 0) is 15.9 Å². The molecule has 0 amide bonds. The van der Waals surface area contributed by atoms with Crippen LogP contribution in [0.25, 0.3) is 0 Å². The van der Waals surface area contributed by atoms with Crippen molar-refractivity contribution in [2.75, 3.05) is 13.2 Å². The van der Waals surface area contributed by atoms with Crippen molar-refractivity contribution in [2.24, 2.45) is 0 Å². The van der Waals surface area contributed by atoms with Crippen LogP contribution < -0.4 is 0 Å². The minimum atomic E-state index is -0.343. The number of aromatic nitrogens is 2. The molecule has 0 aromatic carbocycles. The third-order valence-corrected chi connectivity index (χ3v) is 4.50. The summed E-state index contributed by atoms with van der Waals surface area (Å²) in [6.07, 6.45) is 0.626. The van der Waals surface area contributed by atoms with E-state index in [1.54, 1.807) is 13.8 Å². The number of aryl methyl sites for hydroxylation is 2. The maximum absolute atomic E-state index is 12.1. The van der Waals surface area contributed by atoms with Gasteiger partial charge in [-0.05, 0) is 63.8 Å². The average molecular weight is 346 g/mol. The van der Waals surface area contributed by atoms with Crippen LogP contribution in [-0.4, -0.2) is 35.1 Å². The van der Waals surface area contributed by atoms with Gasteiger partial charge in [-0.3, -0.25) is 0 Å². The van der Waals surface area contributed by atoms with E-state index in [9.17, 15) is 9.59 Å². The lowest BCUT2D eigenvalue weighted by Crippen LogP contribution is -2.07. The van der Waals surface area contributed by atoms with E-state index in [0.29, 0.717) is 31.0 Å². The number of hydrogen-bond donors (Lipinski definition) is 2. The average Bonchev–Trinajstić information content (AvgIpc) is 3.00. The molecule has 0 bridgehead atoms. The highest BCUT2D eigenvalue weighted by Gasteiger charge is 2.22. The van der Waals surface area contributed by atoms with Gasteiger partial charge in [-0.1, -0.05) is 0 Å². The second-order valence-electron chi connectivity index (χ2n) is 6.07. The van der Waals surface area contributed by atoms with Gasteiger partial charge in [-0.2, -0.15) is 0 Å². The summed E-state index contributed by atoms with van der Waals surface area (Å²) in [6, 6.07) is 0. The van der Waals surface area contributed by atoms with Crippen molar-refractivity contribution in [3.63, 3.8) is 0 Å². The maximum atomic E-state index is 12.1. The Labute approximate surface area is 147 Å². The Kier molecular flexibility index (Phi) is 5.72. The van der Waals surface area contributed by atoms with Crippen LogP contribution in [0.3, 0.4) is 0 Å². The van der Waals surface area contributed by atoms with Crippen LogP contribution >= 0.6 is 0 Å². The highest BCUT2D eigenvalue weighted by atomic mass is 16.5. The first kappa shape index (κ1) is 18.8. The maximum Gasteiger partial charge on any atom is 0.355 e. The first-order chi connectivity index (χ1) is 11.8. The zero-order valence-corrected chi connectivity index (χ0v) is 15.8. The van der Waals surface area contributed by atoms with Gasteiger partial charge in [0.05, 0.1) is 13.2 Å². The Morgan fingerprint density at radius 1 is 0.760 bits per heavy atom. The standard InChI is InChI=1S/C19H26N2O4/c1-7-24-18(22)16-10(3)14(12(5)20-16)9-15-11(4)17(21-13(15)6)19(23)25-8-2/h20-21H,7-9H2,1-6H3. The summed E-state index contributed by atoms with van der Waals surface area (Å²) in [6.45, 7) is 11.9. The van der Waals surface area contributed by atoms with Crippen molar-refractivity contribution in [3.05, 3.63) is 45.0 Å². The summed E-state index contributed by atoms with van der Waals surface area (Å²) >= 11 is 0. The first-order valence-corrected chi connectivity index (χ1v) is 8.52. The molecule has 0 spiro atoms. The topological polar surface area (TPSA) is 84.2 Å². The highest BCUT2D eigenvalue weighted by molar-refractivity contribution is 5.90. The molecule has 2 aromatic rings.